The number of amides is 1. The summed E-state index contributed by atoms with van der Waals surface area (Å²) >= 11 is 0. The highest BCUT2D eigenvalue weighted by molar-refractivity contribution is 6.41. The average Bonchev–Trinajstić information content (AvgIpc) is 2.63. The maximum absolute atomic E-state index is 12.3. The maximum Gasteiger partial charge on any atom is 0.311 e. The molecule has 0 aromatic heterocycles. The van der Waals surface area contributed by atoms with Gasteiger partial charge in [-0.25, -0.2) is 5.43 Å². The summed E-state index contributed by atoms with van der Waals surface area (Å²) in [5.41, 5.74) is 4.97. The number of phenols is 2. The number of carbonyl (C=O) groups excluding carboxylic acids is 2. The lowest BCUT2D eigenvalue weighted by Gasteiger charge is -2.35. The van der Waals surface area contributed by atoms with Gasteiger partial charge in [0.15, 0.2) is 11.5 Å². The largest absolute Gasteiger partial charge is 0.504 e. The molecule has 3 rings (SSSR count). The van der Waals surface area contributed by atoms with Gasteiger partial charge in [0, 0.05) is 22.9 Å². The molecule has 0 fully saturated rings. The summed E-state index contributed by atoms with van der Waals surface area (Å²) in [6.07, 6.45) is 3.34. The molecule has 0 aliphatic carbocycles. The fraction of sp³-hybridized carbons (Fsp3) is 0.190. The van der Waals surface area contributed by atoms with Crippen molar-refractivity contribution in [3.8, 4) is 11.5 Å². The van der Waals surface area contributed by atoms with Gasteiger partial charge in [-0.05, 0) is 49.6 Å². The van der Waals surface area contributed by atoms with Crippen LogP contribution >= 0.6 is 0 Å². The van der Waals surface area contributed by atoms with E-state index in [4.69, 9.17) is 0 Å². The van der Waals surface area contributed by atoms with Crippen LogP contribution in [0.3, 0.4) is 0 Å². The molecule has 7 nitrogen and oxygen atoms in total. The Balaban J connectivity index is 1.72. The van der Waals surface area contributed by atoms with Crippen molar-refractivity contribution in [3.63, 3.8) is 0 Å². The number of hydrazone groups is 1. The molecule has 0 atom stereocenters. The minimum Gasteiger partial charge on any atom is -0.504 e. The number of phenolic OH excluding ortho intramolecular Hbond substituents is 2. The van der Waals surface area contributed by atoms with E-state index >= 15 is 0 Å². The highest BCUT2D eigenvalue weighted by atomic mass is 16.3. The highest BCUT2D eigenvalue weighted by Crippen LogP contribution is 2.29. The molecule has 0 spiro atoms. The van der Waals surface area contributed by atoms with Crippen LogP contribution in [0.1, 0.15) is 30.5 Å². The Morgan fingerprint density at radius 2 is 1.89 bits per heavy atom. The van der Waals surface area contributed by atoms with Crippen molar-refractivity contribution < 1.29 is 19.8 Å². The van der Waals surface area contributed by atoms with E-state index in [2.05, 4.69) is 15.8 Å². The van der Waals surface area contributed by atoms with E-state index < -0.39 is 11.7 Å². The Bertz CT molecular complexity index is 993. The molecule has 1 aliphatic rings. The molecular weight excluding hydrogens is 358 g/mol. The quantitative estimate of drug-likeness (QED) is 0.214. The Morgan fingerprint density at radius 3 is 2.64 bits per heavy atom. The van der Waals surface area contributed by atoms with Gasteiger partial charge in [-0.2, -0.15) is 5.10 Å². The van der Waals surface area contributed by atoms with E-state index in [0.29, 0.717) is 11.3 Å². The first kappa shape index (κ1) is 19.2. The summed E-state index contributed by atoms with van der Waals surface area (Å²) in [6.45, 7) is 4.05. The molecular formula is C21H21N3O4. The zero-order valence-electron chi connectivity index (χ0n) is 15.6. The number of fused-ring (bicyclic) bond motifs is 1. The number of hydrogen-bond acceptors (Lipinski definition) is 6. The average molecular weight is 379 g/mol. The fourth-order valence-corrected chi connectivity index (χ4v) is 3.04. The number of aromatic hydroxyl groups is 2. The molecule has 0 bridgehead atoms. The van der Waals surface area contributed by atoms with Gasteiger partial charge in [0.25, 0.3) is 0 Å². The van der Waals surface area contributed by atoms with Crippen molar-refractivity contribution in [2.75, 3.05) is 0 Å². The summed E-state index contributed by atoms with van der Waals surface area (Å²) in [5, 5.41) is 25.7. The maximum atomic E-state index is 12.3. The van der Waals surface area contributed by atoms with Gasteiger partial charge in [-0.15, -0.1) is 0 Å². The van der Waals surface area contributed by atoms with E-state index in [1.807, 2.05) is 38.1 Å². The van der Waals surface area contributed by atoms with Crippen LogP contribution in [0, 0.1) is 0 Å². The molecule has 144 valence electrons. The van der Waals surface area contributed by atoms with Crippen molar-refractivity contribution in [2.24, 2.45) is 5.10 Å². The third kappa shape index (κ3) is 4.37. The Kier molecular flexibility index (Phi) is 5.17. The normalized spacial score (nSPS) is 16.4. The molecule has 0 radical (unpaired) electrons. The number of nitrogens with one attached hydrogen (secondary N) is 2. The summed E-state index contributed by atoms with van der Waals surface area (Å²) in [5.74, 6) is -2.18. The van der Waals surface area contributed by atoms with E-state index in [9.17, 15) is 19.8 Å². The third-order valence-electron chi connectivity index (χ3n) is 4.29. The minimum absolute atomic E-state index is 0.240. The Hall–Kier alpha value is -3.61. The van der Waals surface area contributed by atoms with Gasteiger partial charge in [-0.3, -0.25) is 9.59 Å². The predicted octanol–water partition coefficient (Wildman–Crippen LogP) is 2.08. The van der Waals surface area contributed by atoms with Crippen LogP contribution in [0.15, 0.2) is 53.6 Å². The fourth-order valence-electron chi connectivity index (χ4n) is 3.04. The number of rotatable bonds is 4. The van der Waals surface area contributed by atoms with E-state index in [1.54, 1.807) is 0 Å². The molecule has 4 N–H and O–H groups in total. The number of nitrogens with zero attached hydrogens (tertiary/aromatic N) is 1. The lowest BCUT2D eigenvalue weighted by Crippen LogP contribution is -2.44. The van der Waals surface area contributed by atoms with Crippen LogP contribution in [0.4, 0.5) is 0 Å². The summed E-state index contributed by atoms with van der Waals surface area (Å²) in [6, 6.07) is 11.8. The molecule has 2 aromatic rings. The summed E-state index contributed by atoms with van der Waals surface area (Å²) in [7, 11) is 0. The second-order valence-corrected chi connectivity index (χ2v) is 7.21. The molecule has 2 aromatic carbocycles. The van der Waals surface area contributed by atoms with Crippen molar-refractivity contribution in [3.05, 3.63) is 65.2 Å². The molecule has 7 heteroatoms. The second kappa shape index (κ2) is 7.56. The van der Waals surface area contributed by atoms with Crippen LogP contribution in [-0.2, 0) is 16.0 Å². The SMILES string of the molecule is CC1(C)Cc2ccccc2C(=CC(=O)C(=O)N/N=C/c2ccc(O)c(O)c2)N1. The molecule has 0 saturated heterocycles. The van der Waals surface area contributed by atoms with Crippen molar-refractivity contribution in [1.82, 2.24) is 10.7 Å². The Morgan fingerprint density at radius 1 is 1.14 bits per heavy atom. The third-order valence-corrected chi connectivity index (χ3v) is 4.29. The zero-order chi connectivity index (χ0) is 20.3. The lowest BCUT2D eigenvalue weighted by atomic mass is 9.85. The van der Waals surface area contributed by atoms with Crippen LogP contribution in [0.2, 0.25) is 0 Å². The molecule has 0 saturated carbocycles. The number of ketones is 1. The number of carbonyl (C=O) groups is 2. The zero-order valence-corrected chi connectivity index (χ0v) is 15.6. The first-order valence-corrected chi connectivity index (χ1v) is 8.73. The van der Waals surface area contributed by atoms with Crippen LogP contribution < -0.4 is 10.7 Å². The monoisotopic (exact) mass is 379 g/mol. The van der Waals surface area contributed by atoms with Gasteiger partial charge in [0.1, 0.15) is 0 Å². The topological polar surface area (TPSA) is 111 Å². The smallest absolute Gasteiger partial charge is 0.311 e. The first-order valence-electron chi connectivity index (χ1n) is 8.73. The van der Waals surface area contributed by atoms with Gasteiger partial charge >= 0.3 is 5.91 Å². The molecule has 28 heavy (non-hydrogen) atoms. The van der Waals surface area contributed by atoms with Crippen molar-refractivity contribution in [2.45, 2.75) is 25.8 Å². The van der Waals surface area contributed by atoms with Gasteiger partial charge in [0.05, 0.1) is 6.21 Å². The molecule has 1 aliphatic heterocycles. The van der Waals surface area contributed by atoms with Crippen LogP contribution in [0.5, 0.6) is 11.5 Å². The molecule has 1 amide bonds. The highest BCUT2D eigenvalue weighted by Gasteiger charge is 2.28. The lowest BCUT2D eigenvalue weighted by molar-refractivity contribution is -0.135. The first-order chi connectivity index (χ1) is 13.2. The van der Waals surface area contributed by atoms with E-state index in [0.717, 1.165) is 17.5 Å². The minimum atomic E-state index is -0.880. The predicted molar refractivity (Wildman–Crippen MR) is 106 cm³/mol. The second-order valence-electron chi connectivity index (χ2n) is 7.21. The summed E-state index contributed by atoms with van der Waals surface area (Å²) in [4.78, 5) is 24.4. The van der Waals surface area contributed by atoms with Crippen molar-refractivity contribution in [1.29, 1.82) is 0 Å². The van der Waals surface area contributed by atoms with E-state index in [1.165, 1.54) is 30.5 Å². The number of benzene rings is 2. The van der Waals surface area contributed by atoms with Gasteiger partial charge < -0.3 is 15.5 Å². The summed E-state index contributed by atoms with van der Waals surface area (Å²) < 4.78 is 0. The number of hydrogen-bond donors (Lipinski definition) is 4. The standard InChI is InChI=1S/C21H21N3O4/c1-21(2)11-14-5-3-4-6-15(14)16(23-21)10-19(27)20(28)24-22-12-13-7-8-17(25)18(26)9-13/h3-10,12,23,25-26H,11H2,1-2H3,(H,24,28)/b16-10?,22-12+. The van der Waals surface area contributed by atoms with Gasteiger partial charge in [0.2, 0.25) is 5.78 Å². The van der Waals surface area contributed by atoms with Crippen LogP contribution in [0.25, 0.3) is 5.70 Å². The van der Waals surface area contributed by atoms with Crippen molar-refractivity contribution >= 4 is 23.6 Å². The van der Waals surface area contributed by atoms with Gasteiger partial charge in [-0.1, -0.05) is 24.3 Å². The molecule has 1 heterocycles. The van der Waals surface area contributed by atoms with E-state index in [-0.39, 0.29) is 17.0 Å². The van der Waals surface area contributed by atoms with Crippen LogP contribution in [-0.4, -0.2) is 33.7 Å². The molecule has 0 unspecified atom stereocenters. The Labute approximate surface area is 162 Å².